The van der Waals surface area contributed by atoms with Crippen molar-refractivity contribution < 1.29 is 9.59 Å². The van der Waals surface area contributed by atoms with Crippen LogP contribution < -0.4 is 5.32 Å². The topological polar surface area (TPSA) is 49.4 Å². The third kappa shape index (κ3) is 1.43. The Morgan fingerprint density at radius 3 is 2.53 bits per heavy atom. The number of hydrogen-bond acceptors (Lipinski definition) is 2. The summed E-state index contributed by atoms with van der Waals surface area (Å²) in [7, 11) is 1.75. The van der Waals surface area contributed by atoms with E-state index in [2.05, 4.69) is 5.32 Å². The number of hydrogen-bond donors (Lipinski definition) is 1. The molecule has 1 saturated heterocycles. The van der Waals surface area contributed by atoms with Gasteiger partial charge in [-0.2, -0.15) is 0 Å². The lowest BCUT2D eigenvalue weighted by atomic mass is 9.90. The van der Waals surface area contributed by atoms with Crippen LogP contribution in [-0.2, 0) is 9.59 Å². The molecule has 0 aromatic rings. The van der Waals surface area contributed by atoms with Crippen LogP contribution in [0.5, 0.6) is 0 Å². The van der Waals surface area contributed by atoms with Crippen molar-refractivity contribution in [1.82, 2.24) is 10.2 Å². The van der Waals surface area contributed by atoms with Crippen molar-refractivity contribution in [2.75, 3.05) is 7.05 Å². The van der Waals surface area contributed by atoms with Gasteiger partial charge in [0.15, 0.2) is 0 Å². The van der Waals surface area contributed by atoms with Gasteiger partial charge in [0.1, 0.15) is 11.6 Å². The summed E-state index contributed by atoms with van der Waals surface area (Å²) in [5.41, 5.74) is -0.558. The molecule has 1 unspecified atom stereocenters. The minimum Gasteiger partial charge on any atom is -0.340 e. The fraction of sp³-hybridized carbons (Fsp3) is 0.818. The molecule has 0 aromatic carbocycles. The van der Waals surface area contributed by atoms with Gasteiger partial charge in [-0.3, -0.25) is 9.59 Å². The maximum absolute atomic E-state index is 12.2. The zero-order valence-electron chi connectivity index (χ0n) is 9.38. The van der Waals surface area contributed by atoms with E-state index in [1.165, 1.54) is 0 Å². The van der Waals surface area contributed by atoms with Gasteiger partial charge >= 0.3 is 0 Å². The van der Waals surface area contributed by atoms with Crippen LogP contribution >= 0.6 is 0 Å². The van der Waals surface area contributed by atoms with E-state index in [0.717, 1.165) is 25.7 Å². The highest BCUT2D eigenvalue weighted by atomic mass is 16.2. The summed E-state index contributed by atoms with van der Waals surface area (Å²) in [5, 5.41) is 2.94. The molecule has 4 nitrogen and oxygen atoms in total. The maximum atomic E-state index is 12.2. The van der Waals surface area contributed by atoms with Gasteiger partial charge in [-0.15, -0.1) is 0 Å². The Balaban J connectivity index is 2.25. The van der Waals surface area contributed by atoms with E-state index >= 15 is 0 Å². The Bertz CT molecular complexity index is 295. The minimum atomic E-state index is -0.558. The van der Waals surface area contributed by atoms with Crippen LogP contribution in [-0.4, -0.2) is 35.3 Å². The Kier molecular flexibility index (Phi) is 2.44. The third-order valence-corrected chi connectivity index (χ3v) is 3.71. The molecule has 1 N–H and O–H groups in total. The first kappa shape index (κ1) is 10.5. The van der Waals surface area contributed by atoms with Crippen molar-refractivity contribution in [3.8, 4) is 0 Å². The summed E-state index contributed by atoms with van der Waals surface area (Å²) >= 11 is 0. The number of nitrogens with one attached hydrogen (secondary N) is 1. The predicted octanol–water partition coefficient (Wildman–Crippen LogP) is 0.666. The second kappa shape index (κ2) is 3.51. The van der Waals surface area contributed by atoms with Crippen LogP contribution in [0.2, 0.25) is 0 Å². The van der Waals surface area contributed by atoms with Crippen LogP contribution in [0.4, 0.5) is 0 Å². The molecular weight excluding hydrogens is 192 g/mol. The highest BCUT2D eigenvalue weighted by Crippen LogP contribution is 2.34. The normalized spacial score (nSPS) is 29.7. The number of amides is 2. The first-order valence-corrected chi connectivity index (χ1v) is 5.70. The number of carbonyl (C=O) groups excluding carboxylic acids is 2. The summed E-state index contributed by atoms with van der Waals surface area (Å²) in [6.07, 6.45) is 4.37. The fourth-order valence-electron chi connectivity index (χ4n) is 2.80. The van der Waals surface area contributed by atoms with E-state index in [4.69, 9.17) is 0 Å². The van der Waals surface area contributed by atoms with Crippen LogP contribution in [0.15, 0.2) is 0 Å². The largest absolute Gasteiger partial charge is 0.340 e. The quantitative estimate of drug-likeness (QED) is 0.691. The van der Waals surface area contributed by atoms with Crippen LogP contribution in [0, 0.1) is 0 Å². The molecular formula is C11H18N2O2. The van der Waals surface area contributed by atoms with E-state index in [1.54, 1.807) is 11.9 Å². The van der Waals surface area contributed by atoms with E-state index in [1.807, 2.05) is 6.92 Å². The molecule has 1 heterocycles. The predicted molar refractivity (Wildman–Crippen MR) is 56.2 cm³/mol. The summed E-state index contributed by atoms with van der Waals surface area (Å²) in [6, 6.07) is -0.274. The van der Waals surface area contributed by atoms with Crippen LogP contribution in [0.3, 0.4) is 0 Å². The first-order valence-electron chi connectivity index (χ1n) is 5.70. The van der Waals surface area contributed by atoms with Gasteiger partial charge in [-0.25, -0.2) is 0 Å². The molecule has 84 valence electrons. The summed E-state index contributed by atoms with van der Waals surface area (Å²) in [5.74, 6) is 0.118. The minimum absolute atomic E-state index is 0.0153. The molecule has 1 saturated carbocycles. The fourth-order valence-corrected chi connectivity index (χ4v) is 2.80. The average Bonchev–Trinajstić information content (AvgIpc) is 2.65. The smallest absolute Gasteiger partial charge is 0.248 e. The molecule has 1 aliphatic heterocycles. The van der Waals surface area contributed by atoms with Gasteiger partial charge in [-0.05, 0) is 19.3 Å². The average molecular weight is 210 g/mol. The summed E-state index contributed by atoms with van der Waals surface area (Å²) in [4.78, 5) is 25.6. The maximum Gasteiger partial charge on any atom is 0.248 e. The lowest BCUT2D eigenvalue weighted by molar-refractivity contribution is -0.153. The van der Waals surface area contributed by atoms with Crippen LogP contribution in [0.25, 0.3) is 0 Å². The highest BCUT2D eigenvalue weighted by molar-refractivity contribution is 5.99. The second-order valence-electron chi connectivity index (χ2n) is 4.62. The number of carbonyl (C=O) groups is 2. The molecule has 1 spiro atoms. The lowest BCUT2D eigenvalue weighted by Crippen LogP contribution is -2.68. The second-order valence-corrected chi connectivity index (χ2v) is 4.62. The van der Waals surface area contributed by atoms with E-state index < -0.39 is 5.54 Å². The molecule has 4 heteroatoms. The Morgan fingerprint density at radius 1 is 1.40 bits per heavy atom. The van der Waals surface area contributed by atoms with Crippen molar-refractivity contribution in [2.24, 2.45) is 0 Å². The monoisotopic (exact) mass is 210 g/mol. The van der Waals surface area contributed by atoms with Crippen molar-refractivity contribution in [3.63, 3.8) is 0 Å². The number of likely N-dealkylation sites (N-methyl/N-ethyl adjacent to an activating group) is 1. The SMILES string of the molecule is CCC1C(=O)NC2(CCCC2)C(=O)N1C. The van der Waals surface area contributed by atoms with E-state index in [-0.39, 0.29) is 17.9 Å². The zero-order valence-corrected chi connectivity index (χ0v) is 9.38. The lowest BCUT2D eigenvalue weighted by Gasteiger charge is -2.42. The molecule has 2 fully saturated rings. The van der Waals surface area contributed by atoms with Crippen LogP contribution in [0.1, 0.15) is 39.0 Å². The molecule has 0 radical (unpaired) electrons. The third-order valence-electron chi connectivity index (χ3n) is 3.71. The zero-order chi connectivity index (χ0) is 11.1. The summed E-state index contributed by atoms with van der Waals surface area (Å²) < 4.78 is 0. The molecule has 1 aliphatic carbocycles. The molecule has 2 aliphatic rings. The van der Waals surface area contributed by atoms with Gasteiger partial charge in [-0.1, -0.05) is 19.8 Å². The Labute approximate surface area is 90.0 Å². The van der Waals surface area contributed by atoms with Gasteiger partial charge in [0.25, 0.3) is 0 Å². The van der Waals surface area contributed by atoms with Crippen molar-refractivity contribution in [3.05, 3.63) is 0 Å². The highest BCUT2D eigenvalue weighted by Gasteiger charge is 2.50. The van der Waals surface area contributed by atoms with Crippen molar-refractivity contribution in [1.29, 1.82) is 0 Å². The molecule has 0 aromatic heterocycles. The van der Waals surface area contributed by atoms with Gasteiger partial charge in [0, 0.05) is 7.05 Å². The molecule has 1 atom stereocenters. The molecule has 15 heavy (non-hydrogen) atoms. The summed E-state index contributed by atoms with van der Waals surface area (Å²) in [6.45, 7) is 1.93. The molecule has 2 rings (SSSR count). The van der Waals surface area contributed by atoms with Crippen molar-refractivity contribution >= 4 is 11.8 Å². The standard InChI is InChI=1S/C11H18N2O2/c1-3-8-9(14)12-11(6-4-5-7-11)10(15)13(8)2/h8H,3-7H2,1-2H3,(H,12,14). The Hall–Kier alpha value is -1.06. The van der Waals surface area contributed by atoms with Gasteiger partial charge < -0.3 is 10.2 Å². The number of piperazine rings is 1. The first-order chi connectivity index (χ1) is 7.10. The molecule has 2 amide bonds. The van der Waals surface area contributed by atoms with Crippen molar-refractivity contribution in [2.45, 2.75) is 50.6 Å². The Morgan fingerprint density at radius 2 is 2.00 bits per heavy atom. The van der Waals surface area contributed by atoms with E-state index in [9.17, 15) is 9.59 Å². The number of rotatable bonds is 1. The number of nitrogens with zero attached hydrogens (tertiary/aromatic N) is 1. The van der Waals surface area contributed by atoms with E-state index in [0.29, 0.717) is 6.42 Å². The molecule has 0 bridgehead atoms. The van der Waals surface area contributed by atoms with Gasteiger partial charge in [0.05, 0.1) is 0 Å². The van der Waals surface area contributed by atoms with Gasteiger partial charge in [0.2, 0.25) is 11.8 Å².